The van der Waals surface area contributed by atoms with Gasteiger partial charge in [-0.15, -0.1) is 0 Å². The molecule has 2 aromatic heterocycles. The van der Waals surface area contributed by atoms with Crippen LogP contribution in [0.15, 0.2) is 114 Å². The summed E-state index contributed by atoms with van der Waals surface area (Å²) in [6, 6.07) is 31.2. The zero-order valence-electron chi connectivity index (χ0n) is 19.8. The van der Waals surface area contributed by atoms with E-state index in [-0.39, 0.29) is 16.6 Å². The maximum atomic E-state index is 13.8. The maximum Gasteiger partial charge on any atom is 0.335 e. The highest BCUT2D eigenvalue weighted by atomic mass is 35.5. The van der Waals surface area contributed by atoms with Gasteiger partial charge in [0.2, 0.25) is 0 Å². The fraction of sp³-hybridized carbons (Fsp3) is 0. The number of nitrogens with zero attached hydrogens (tertiary/aromatic N) is 4. The molecule has 8 heteroatoms. The van der Waals surface area contributed by atoms with Gasteiger partial charge in [-0.2, -0.15) is 0 Å². The molecule has 0 saturated heterocycles. The maximum absolute atomic E-state index is 13.8. The lowest BCUT2D eigenvalue weighted by Crippen LogP contribution is -2.22. The Balaban J connectivity index is 1.58. The van der Waals surface area contributed by atoms with E-state index in [1.807, 2.05) is 54.6 Å². The molecule has 6 aromatic rings. The van der Waals surface area contributed by atoms with Gasteiger partial charge in [0.25, 0.3) is 5.56 Å². The monoisotopic (exact) mass is 518 g/mol. The summed E-state index contributed by atoms with van der Waals surface area (Å²) in [5.74, 6) is -0.630. The molecular weight excluding hydrogens is 500 g/mol. The van der Waals surface area contributed by atoms with E-state index in [1.54, 1.807) is 41.0 Å². The molecule has 0 saturated carbocycles. The lowest BCUT2D eigenvalue weighted by Gasteiger charge is -2.14. The topological polar surface area (TPSA) is 90.0 Å². The van der Waals surface area contributed by atoms with Gasteiger partial charge >= 0.3 is 5.97 Å². The molecule has 1 N–H and O–H groups in total. The lowest BCUT2D eigenvalue weighted by molar-refractivity contribution is 0.0697. The Morgan fingerprint density at radius 3 is 2.16 bits per heavy atom. The zero-order valence-corrected chi connectivity index (χ0v) is 20.6. The Morgan fingerprint density at radius 2 is 1.45 bits per heavy atom. The second-order valence-corrected chi connectivity index (χ2v) is 9.07. The van der Waals surface area contributed by atoms with Crippen molar-refractivity contribution >= 4 is 28.7 Å². The Morgan fingerprint density at radius 1 is 0.763 bits per heavy atom. The first-order chi connectivity index (χ1) is 18.5. The minimum Gasteiger partial charge on any atom is -0.478 e. The van der Waals surface area contributed by atoms with E-state index in [0.717, 1.165) is 16.7 Å². The summed E-state index contributed by atoms with van der Waals surface area (Å²) in [6.45, 7) is 0. The van der Waals surface area contributed by atoms with Gasteiger partial charge in [0.1, 0.15) is 12.2 Å². The summed E-state index contributed by atoms with van der Waals surface area (Å²) in [6.07, 6.45) is 1.48. The van der Waals surface area contributed by atoms with Gasteiger partial charge in [0.15, 0.2) is 11.2 Å². The number of aromatic carboxylic acids is 1. The number of rotatable bonds is 5. The molecule has 4 aromatic carbocycles. The van der Waals surface area contributed by atoms with Crippen LogP contribution in [0.2, 0.25) is 5.02 Å². The zero-order chi connectivity index (χ0) is 26.2. The van der Waals surface area contributed by atoms with Crippen molar-refractivity contribution in [2.24, 2.45) is 0 Å². The molecule has 0 fully saturated rings. The first-order valence-corrected chi connectivity index (χ1v) is 12.1. The second kappa shape index (κ2) is 9.46. The standard InChI is InChI=1S/C30H19ClN4O3/c31-23-13-15-24(16-14-23)35-27(21-11-9-20(10-12-21)19-5-2-1-3-6-19)33-28-26(29(35)36)32-18-34(28)25-8-4-7-22(17-25)30(37)38/h1-18H,(H,37,38). The number of carbonyl (C=O) groups is 1. The Kier molecular flexibility index (Phi) is 5.82. The molecule has 0 aliphatic carbocycles. The molecule has 0 aliphatic rings. The Hall–Kier alpha value is -5.01. The average molecular weight is 519 g/mol. The average Bonchev–Trinajstić information content (AvgIpc) is 3.39. The minimum atomic E-state index is -1.05. The van der Waals surface area contributed by atoms with Crippen LogP contribution < -0.4 is 5.56 Å². The third-order valence-electron chi connectivity index (χ3n) is 6.28. The third-order valence-corrected chi connectivity index (χ3v) is 6.53. The smallest absolute Gasteiger partial charge is 0.335 e. The van der Waals surface area contributed by atoms with Crippen molar-refractivity contribution in [3.63, 3.8) is 0 Å². The van der Waals surface area contributed by atoms with E-state index >= 15 is 0 Å². The highest BCUT2D eigenvalue weighted by molar-refractivity contribution is 6.30. The lowest BCUT2D eigenvalue weighted by atomic mass is 10.0. The van der Waals surface area contributed by atoms with Gasteiger partial charge in [-0.05, 0) is 53.6 Å². The fourth-order valence-electron chi connectivity index (χ4n) is 4.40. The van der Waals surface area contributed by atoms with Gasteiger partial charge < -0.3 is 5.11 Å². The molecular formula is C30H19ClN4O3. The molecule has 0 amide bonds. The number of halogens is 1. The predicted molar refractivity (Wildman–Crippen MR) is 147 cm³/mol. The third kappa shape index (κ3) is 4.15. The summed E-state index contributed by atoms with van der Waals surface area (Å²) >= 11 is 6.11. The number of benzene rings is 4. The summed E-state index contributed by atoms with van der Waals surface area (Å²) in [4.78, 5) is 34.6. The fourth-order valence-corrected chi connectivity index (χ4v) is 4.52. The van der Waals surface area contributed by atoms with Crippen LogP contribution >= 0.6 is 11.6 Å². The number of fused-ring (bicyclic) bond motifs is 1. The first kappa shape index (κ1) is 23.4. The second-order valence-electron chi connectivity index (χ2n) is 8.64. The van der Waals surface area contributed by atoms with Crippen LogP contribution in [0.5, 0.6) is 0 Å². The van der Waals surface area contributed by atoms with Crippen LogP contribution in [0.1, 0.15) is 10.4 Å². The minimum absolute atomic E-state index is 0.121. The van der Waals surface area contributed by atoms with Crippen LogP contribution in [0.25, 0.3) is 45.1 Å². The molecule has 6 rings (SSSR count). The van der Waals surface area contributed by atoms with Crippen LogP contribution in [0.3, 0.4) is 0 Å². The normalized spacial score (nSPS) is 11.1. The van der Waals surface area contributed by atoms with E-state index in [2.05, 4.69) is 4.98 Å². The van der Waals surface area contributed by atoms with Gasteiger partial charge in [-0.1, -0.05) is 72.3 Å². The van der Waals surface area contributed by atoms with Crippen LogP contribution in [-0.4, -0.2) is 30.2 Å². The molecule has 7 nitrogen and oxygen atoms in total. The van der Waals surface area contributed by atoms with Crippen molar-refractivity contribution in [3.8, 4) is 33.9 Å². The number of hydrogen-bond donors (Lipinski definition) is 1. The molecule has 38 heavy (non-hydrogen) atoms. The van der Waals surface area contributed by atoms with Crippen molar-refractivity contribution in [2.75, 3.05) is 0 Å². The number of imidazole rings is 1. The molecule has 0 bridgehead atoms. The Bertz CT molecular complexity index is 1860. The highest BCUT2D eigenvalue weighted by Gasteiger charge is 2.19. The largest absolute Gasteiger partial charge is 0.478 e. The van der Waals surface area contributed by atoms with Crippen LogP contribution in [-0.2, 0) is 0 Å². The van der Waals surface area contributed by atoms with Gasteiger partial charge in [0.05, 0.1) is 11.3 Å². The van der Waals surface area contributed by atoms with Crippen LogP contribution in [0.4, 0.5) is 0 Å². The molecule has 0 aliphatic heterocycles. The van der Waals surface area contributed by atoms with Crippen molar-refractivity contribution in [1.29, 1.82) is 0 Å². The quantitative estimate of drug-likeness (QED) is 0.291. The molecule has 0 unspecified atom stereocenters. The highest BCUT2D eigenvalue weighted by Crippen LogP contribution is 2.27. The number of carboxylic acid groups (broad SMARTS) is 1. The first-order valence-electron chi connectivity index (χ1n) is 11.8. The van der Waals surface area contributed by atoms with E-state index < -0.39 is 5.97 Å². The van der Waals surface area contributed by atoms with Crippen molar-refractivity contribution in [2.45, 2.75) is 0 Å². The van der Waals surface area contributed by atoms with Crippen molar-refractivity contribution in [1.82, 2.24) is 19.1 Å². The molecule has 0 spiro atoms. The molecule has 0 radical (unpaired) electrons. The van der Waals surface area contributed by atoms with Crippen molar-refractivity contribution in [3.05, 3.63) is 130 Å². The van der Waals surface area contributed by atoms with E-state index in [9.17, 15) is 14.7 Å². The van der Waals surface area contributed by atoms with E-state index in [0.29, 0.717) is 27.9 Å². The van der Waals surface area contributed by atoms with E-state index in [4.69, 9.17) is 16.6 Å². The van der Waals surface area contributed by atoms with Gasteiger partial charge in [-0.25, -0.2) is 14.8 Å². The number of aromatic nitrogens is 4. The predicted octanol–water partition coefficient (Wildman–Crippen LogP) is 6.26. The summed E-state index contributed by atoms with van der Waals surface area (Å²) in [5.41, 5.74) is 4.22. The molecule has 0 atom stereocenters. The summed E-state index contributed by atoms with van der Waals surface area (Å²) in [7, 11) is 0. The summed E-state index contributed by atoms with van der Waals surface area (Å²) < 4.78 is 3.14. The Labute approximate surface area is 221 Å². The SMILES string of the molecule is O=C(O)c1cccc(-n2cnc3c(=O)n(-c4ccc(Cl)cc4)c(-c4ccc(-c5ccccc5)cc4)nc32)c1. The number of carboxylic acids is 1. The van der Waals surface area contributed by atoms with E-state index in [1.165, 1.54) is 23.0 Å². The summed E-state index contributed by atoms with van der Waals surface area (Å²) in [5, 5.41) is 9.99. The molecule has 2 heterocycles. The van der Waals surface area contributed by atoms with Crippen LogP contribution in [0, 0.1) is 0 Å². The number of hydrogen-bond acceptors (Lipinski definition) is 4. The van der Waals surface area contributed by atoms with Gasteiger partial charge in [0, 0.05) is 16.3 Å². The molecule has 184 valence electrons. The van der Waals surface area contributed by atoms with Crippen molar-refractivity contribution < 1.29 is 9.90 Å². The van der Waals surface area contributed by atoms with Gasteiger partial charge in [-0.3, -0.25) is 13.9 Å².